The zero-order chi connectivity index (χ0) is 21.2. The molecule has 0 saturated carbocycles. The van der Waals surface area contributed by atoms with E-state index in [9.17, 15) is 13.2 Å². The van der Waals surface area contributed by atoms with E-state index in [0.717, 1.165) is 17.7 Å². The molecule has 1 heterocycles. The number of nitrogens with zero attached hydrogens (tertiary/aromatic N) is 2. The Morgan fingerprint density at radius 3 is 2.17 bits per heavy atom. The van der Waals surface area contributed by atoms with Gasteiger partial charge in [-0.2, -0.15) is 18.2 Å². The van der Waals surface area contributed by atoms with Crippen LogP contribution in [-0.4, -0.2) is 15.5 Å². The van der Waals surface area contributed by atoms with Crippen LogP contribution < -0.4 is 10.6 Å². The second-order valence-electron chi connectivity index (χ2n) is 7.86. The molecule has 152 valence electrons. The fourth-order valence-corrected chi connectivity index (χ4v) is 2.73. The van der Waals surface area contributed by atoms with E-state index < -0.39 is 11.7 Å². The summed E-state index contributed by atoms with van der Waals surface area (Å²) >= 11 is 0. The summed E-state index contributed by atoms with van der Waals surface area (Å²) in [6, 6.07) is 14.9. The van der Waals surface area contributed by atoms with Gasteiger partial charge in [0.2, 0.25) is 5.95 Å². The monoisotopic (exact) mass is 400 g/mol. The molecule has 0 fully saturated rings. The van der Waals surface area contributed by atoms with Crippen molar-refractivity contribution in [3.8, 4) is 11.3 Å². The van der Waals surface area contributed by atoms with E-state index in [4.69, 9.17) is 0 Å². The Hall–Kier alpha value is -3.09. The Morgan fingerprint density at radius 1 is 0.862 bits per heavy atom. The predicted octanol–water partition coefficient (Wildman–Crippen LogP) is 6.42. The summed E-state index contributed by atoms with van der Waals surface area (Å²) in [6.45, 7) is 7.69. The molecule has 2 N–H and O–H groups in total. The summed E-state index contributed by atoms with van der Waals surface area (Å²) in [5.74, 6) is 0.805. The third-order valence-electron chi connectivity index (χ3n) is 4.11. The first kappa shape index (κ1) is 20.6. The molecule has 0 unspecified atom stereocenters. The van der Waals surface area contributed by atoms with Crippen LogP contribution in [0.2, 0.25) is 0 Å². The van der Waals surface area contributed by atoms with E-state index in [-0.39, 0.29) is 5.54 Å². The number of hydrogen-bond acceptors (Lipinski definition) is 4. The van der Waals surface area contributed by atoms with E-state index in [0.29, 0.717) is 28.7 Å². The Balaban J connectivity index is 2.04. The molecule has 0 atom stereocenters. The van der Waals surface area contributed by atoms with Gasteiger partial charge in [-0.3, -0.25) is 0 Å². The third-order valence-corrected chi connectivity index (χ3v) is 4.11. The van der Waals surface area contributed by atoms with Gasteiger partial charge in [0.15, 0.2) is 0 Å². The normalized spacial score (nSPS) is 12.0. The average Bonchev–Trinajstić information content (AvgIpc) is 2.62. The van der Waals surface area contributed by atoms with Crippen LogP contribution in [0, 0.1) is 6.92 Å². The van der Waals surface area contributed by atoms with Crippen LogP contribution in [0.4, 0.5) is 30.6 Å². The Kier molecular flexibility index (Phi) is 5.50. The van der Waals surface area contributed by atoms with Crippen molar-refractivity contribution in [2.45, 2.75) is 39.4 Å². The van der Waals surface area contributed by atoms with E-state index in [1.807, 2.05) is 51.1 Å². The quantitative estimate of drug-likeness (QED) is 0.530. The van der Waals surface area contributed by atoms with Crippen LogP contribution in [0.15, 0.2) is 54.6 Å². The Bertz CT molecular complexity index is 993. The number of benzene rings is 2. The highest BCUT2D eigenvalue weighted by molar-refractivity contribution is 5.69. The number of rotatable bonds is 4. The Morgan fingerprint density at radius 2 is 1.55 bits per heavy atom. The van der Waals surface area contributed by atoms with Gasteiger partial charge in [-0.1, -0.05) is 36.4 Å². The van der Waals surface area contributed by atoms with Gasteiger partial charge in [0.1, 0.15) is 5.82 Å². The summed E-state index contributed by atoms with van der Waals surface area (Å²) < 4.78 is 39.3. The lowest BCUT2D eigenvalue weighted by Gasteiger charge is -2.21. The standard InChI is InChI=1S/C22H23F3N4/c1-14-10-11-16(22(23,24)25)12-17(14)26-19-13-18(15-8-6-5-7-9-15)27-20(28-19)29-21(2,3)4/h5-13H,1-4H3,(H2,26,27,28,29). The zero-order valence-corrected chi connectivity index (χ0v) is 16.7. The minimum absolute atomic E-state index is 0.279. The lowest BCUT2D eigenvalue weighted by molar-refractivity contribution is -0.137. The number of anilines is 3. The molecule has 0 aliphatic carbocycles. The SMILES string of the molecule is Cc1ccc(C(F)(F)F)cc1Nc1cc(-c2ccccc2)nc(NC(C)(C)C)n1. The van der Waals surface area contributed by atoms with Crippen LogP contribution in [0.5, 0.6) is 0 Å². The van der Waals surface area contributed by atoms with Gasteiger partial charge in [-0.15, -0.1) is 0 Å². The predicted molar refractivity (Wildman–Crippen MR) is 110 cm³/mol. The molecule has 2 aromatic carbocycles. The van der Waals surface area contributed by atoms with Crippen molar-refractivity contribution in [1.82, 2.24) is 9.97 Å². The van der Waals surface area contributed by atoms with Crippen LogP contribution in [0.3, 0.4) is 0 Å². The van der Waals surface area contributed by atoms with E-state index in [1.165, 1.54) is 6.07 Å². The number of aryl methyl sites for hydroxylation is 1. The zero-order valence-electron chi connectivity index (χ0n) is 16.7. The molecular formula is C22H23F3N4. The van der Waals surface area contributed by atoms with E-state index in [2.05, 4.69) is 20.6 Å². The average molecular weight is 400 g/mol. The van der Waals surface area contributed by atoms with Crippen LogP contribution in [0.25, 0.3) is 11.3 Å². The summed E-state index contributed by atoms with van der Waals surface area (Å²) in [7, 11) is 0. The minimum Gasteiger partial charge on any atom is -0.350 e. The van der Waals surface area contributed by atoms with Crippen molar-refractivity contribution in [3.05, 3.63) is 65.7 Å². The van der Waals surface area contributed by atoms with Crippen molar-refractivity contribution in [3.63, 3.8) is 0 Å². The molecule has 0 aliphatic rings. The van der Waals surface area contributed by atoms with Gasteiger partial charge in [0, 0.05) is 22.9 Å². The van der Waals surface area contributed by atoms with E-state index >= 15 is 0 Å². The summed E-state index contributed by atoms with van der Waals surface area (Å²) in [5.41, 5.74) is 1.59. The van der Waals surface area contributed by atoms with Gasteiger partial charge in [0.05, 0.1) is 11.3 Å². The minimum atomic E-state index is -4.41. The number of alkyl halides is 3. The van der Waals surface area contributed by atoms with Gasteiger partial charge in [-0.25, -0.2) is 4.98 Å². The maximum atomic E-state index is 13.1. The highest BCUT2D eigenvalue weighted by atomic mass is 19.4. The number of aromatic nitrogens is 2. The molecule has 0 amide bonds. The molecule has 7 heteroatoms. The summed E-state index contributed by atoms with van der Waals surface area (Å²) in [5, 5.41) is 6.26. The second kappa shape index (κ2) is 7.73. The lowest BCUT2D eigenvalue weighted by Crippen LogP contribution is -2.27. The van der Waals surface area contributed by atoms with Crippen LogP contribution in [0.1, 0.15) is 31.9 Å². The maximum absolute atomic E-state index is 13.1. The molecule has 29 heavy (non-hydrogen) atoms. The molecule has 0 radical (unpaired) electrons. The summed E-state index contributed by atoms with van der Waals surface area (Å²) in [4.78, 5) is 9.03. The number of nitrogens with one attached hydrogen (secondary N) is 2. The van der Waals surface area contributed by atoms with Gasteiger partial charge >= 0.3 is 6.18 Å². The maximum Gasteiger partial charge on any atom is 0.416 e. The van der Waals surface area contributed by atoms with Crippen LogP contribution in [-0.2, 0) is 6.18 Å². The first-order valence-electron chi connectivity index (χ1n) is 9.19. The molecule has 0 aliphatic heterocycles. The van der Waals surface area contributed by atoms with Gasteiger partial charge in [0.25, 0.3) is 0 Å². The van der Waals surface area contributed by atoms with E-state index in [1.54, 1.807) is 13.0 Å². The molecule has 4 nitrogen and oxygen atoms in total. The molecule has 1 aromatic heterocycles. The largest absolute Gasteiger partial charge is 0.416 e. The molecular weight excluding hydrogens is 377 g/mol. The molecule has 0 saturated heterocycles. The first-order valence-corrected chi connectivity index (χ1v) is 9.19. The van der Waals surface area contributed by atoms with Crippen molar-refractivity contribution >= 4 is 17.5 Å². The first-order chi connectivity index (χ1) is 13.5. The fraction of sp³-hybridized carbons (Fsp3) is 0.273. The Labute approximate surface area is 168 Å². The smallest absolute Gasteiger partial charge is 0.350 e. The lowest BCUT2D eigenvalue weighted by atomic mass is 10.1. The molecule has 0 bridgehead atoms. The van der Waals surface area contributed by atoms with Gasteiger partial charge in [-0.05, 0) is 45.4 Å². The highest BCUT2D eigenvalue weighted by Gasteiger charge is 2.30. The third kappa shape index (κ3) is 5.47. The second-order valence-corrected chi connectivity index (χ2v) is 7.86. The topological polar surface area (TPSA) is 49.8 Å². The molecule has 3 aromatic rings. The summed E-state index contributed by atoms with van der Waals surface area (Å²) in [6.07, 6.45) is -4.41. The number of hydrogen-bond donors (Lipinski definition) is 2. The van der Waals surface area contributed by atoms with Crippen molar-refractivity contribution < 1.29 is 13.2 Å². The highest BCUT2D eigenvalue weighted by Crippen LogP contribution is 2.33. The van der Waals surface area contributed by atoms with Crippen LogP contribution >= 0.6 is 0 Å². The molecule has 0 spiro atoms. The fourth-order valence-electron chi connectivity index (χ4n) is 2.73. The molecule has 3 rings (SSSR count). The van der Waals surface area contributed by atoms with Crippen molar-refractivity contribution in [2.24, 2.45) is 0 Å². The van der Waals surface area contributed by atoms with Gasteiger partial charge < -0.3 is 10.6 Å². The van der Waals surface area contributed by atoms with Crippen molar-refractivity contribution in [1.29, 1.82) is 0 Å². The number of halogens is 3. The van der Waals surface area contributed by atoms with Crippen molar-refractivity contribution in [2.75, 3.05) is 10.6 Å².